The summed E-state index contributed by atoms with van der Waals surface area (Å²) in [5, 5.41) is 2.73. The fraction of sp³-hybridized carbons (Fsp3) is 0.125. The van der Waals surface area contributed by atoms with Crippen LogP contribution in [-0.4, -0.2) is 17.4 Å². The molecule has 0 spiro atoms. The number of pyridine rings is 1. The number of aromatic nitrogens is 1. The number of anilines is 1. The van der Waals surface area contributed by atoms with Crippen molar-refractivity contribution in [2.45, 2.75) is 6.92 Å². The quantitative estimate of drug-likeness (QED) is 0.829. The second-order valence-corrected chi connectivity index (χ2v) is 4.34. The SMILES string of the molecule is Cc1cnccc1NC(=O)c1cc(F)ccc1C#CCN. The molecule has 0 unspecified atom stereocenters. The van der Waals surface area contributed by atoms with Crippen LogP contribution in [0.5, 0.6) is 0 Å². The average Bonchev–Trinajstić information content (AvgIpc) is 2.48. The van der Waals surface area contributed by atoms with Crippen molar-refractivity contribution in [1.29, 1.82) is 0 Å². The van der Waals surface area contributed by atoms with Crippen LogP contribution < -0.4 is 11.1 Å². The van der Waals surface area contributed by atoms with Gasteiger partial charge in [-0.1, -0.05) is 11.8 Å². The Labute approximate surface area is 122 Å². The molecule has 0 bridgehead atoms. The highest BCUT2D eigenvalue weighted by molar-refractivity contribution is 6.06. The second kappa shape index (κ2) is 6.64. The first-order chi connectivity index (χ1) is 10.1. The van der Waals surface area contributed by atoms with Gasteiger partial charge in [0.05, 0.1) is 12.1 Å². The lowest BCUT2D eigenvalue weighted by Gasteiger charge is -2.09. The molecule has 0 radical (unpaired) electrons. The molecule has 0 aliphatic carbocycles. The number of benzene rings is 1. The van der Waals surface area contributed by atoms with Crippen molar-refractivity contribution in [3.05, 3.63) is 59.2 Å². The van der Waals surface area contributed by atoms with E-state index in [9.17, 15) is 9.18 Å². The van der Waals surface area contributed by atoms with Crippen LogP contribution >= 0.6 is 0 Å². The highest BCUT2D eigenvalue weighted by atomic mass is 19.1. The Kier molecular flexibility index (Phi) is 4.64. The number of amides is 1. The van der Waals surface area contributed by atoms with Crippen LogP contribution in [0, 0.1) is 24.6 Å². The number of nitrogens with two attached hydrogens (primary N) is 1. The van der Waals surface area contributed by atoms with Gasteiger partial charge in [-0.15, -0.1) is 0 Å². The van der Waals surface area contributed by atoms with Crippen LogP contribution in [0.1, 0.15) is 21.5 Å². The number of rotatable bonds is 2. The van der Waals surface area contributed by atoms with Gasteiger partial charge in [0.25, 0.3) is 5.91 Å². The predicted molar refractivity (Wildman–Crippen MR) is 79.3 cm³/mol. The molecular formula is C16H14FN3O. The first-order valence-electron chi connectivity index (χ1n) is 6.32. The summed E-state index contributed by atoms with van der Waals surface area (Å²) in [7, 11) is 0. The molecule has 1 aromatic heterocycles. The predicted octanol–water partition coefficient (Wildman–Crippen LogP) is 2.09. The number of halogens is 1. The molecule has 21 heavy (non-hydrogen) atoms. The molecule has 1 heterocycles. The number of aryl methyl sites for hydroxylation is 1. The van der Waals surface area contributed by atoms with Gasteiger partial charge in [-0.25, -0.2) is 4.39 Å². The molecule has 2 aromatic rings. The van der Waals surface area contributed by atoms with Crippen molar-refractivity contribution in [3.8, 4) is 11.8 Å². The molecule has 2 rings (SSSR count). The van der Waals surface area contributed by atoms with Gasteiger partial charge in [-0.05, 0) is 36.8 Å². The van der Waals surface area contributed by atoms with E-state index in [1.165, 1.54) is 12.1 Å². The zero-order valence-corrected chi connectivity index (χ0v) is 11.5. The molecule has 4 nitrogen and oxygen atoms in total. The topological polar surface area (TPSA) is 68.0 Å². The molecule has 0 atom stereocenters. The van der Waals surface area contributed by atoms with Crippen LogP contribution in [0.15, 0.2) is 36.7 Å². The van der Waals surface area contributed by atoms with E-state index in [4.69, 9.17) is 5.73 Å². The standard InChI is InChI=1S/C16H14FN3O/c1-11-10-19-8-6-15(11)20-16(21)14-9-13(17)5-4-12(14)3-2-7-18/h4-6,8-10H,7,18H2,1H3,(H,19,20,21). The molecule has 106 valence electrons. The Hall–Kier alpha value is -2.71. The van der Waals surface area contributed by atoms with Crippen LogP contribution in [-0.2, 0) is 0 Å². The van der Waals surface area contributed by atoms with Gasteiger partial charge in [0, 0.05) is 23.6 Å². The molecular weight excluding hydrogens is 269 g/mol. The zero-order chi connectivity index (χ0) is 15.2. The normalized spacial score (nSPS) is 9.67. The minimum absolute atomic E-state index is 0.169. The first kappa shape index (κ1) is 14.7. The van der Waals surface area contributed by atoms with Crippen molar-refractivity contribution in [1.82, 2.24) is 4.98 Å². The molecule has 0 saturated carbocycles. The zero-order valence-electron chi connectivity index (χ0n) is 11.5. The van der Waals surface area contributed by atoms with E-state index in [2.05, 4.69) is 22.1 Å². The van der Waals surface area contributed by atoms with Gasteiger partial charge in [0.1, 0.15) is 5.82 Å². The van der Waals surface area contributed by atoms with Crippen LogP contribution in [0.4, 0.5) is 10.1 Å². The fourth-order valence-electron chi connectivity index (χ4n) is 1.76. The Morgan fingerprint density at radius 2 is 2.24 bits per heavy atom. The van der Waals surface area contributed by atoms with E-state index >= 15 is 0 Å². The Bertz CT molecular complexity index is 732. The van der Waals surface area contributed by atoms with Gasteiger partial charge in [-0.2, -0.15) is 0 Å². The molecule has 0 aliphatic rings. The van der Waals surface area contributed by atoms with E-state index in [0.29, 0.717) is 11.3 Å². The summed E-state index contributed by atoms with van der Waals surface area (Å²) >= 11 is 0. The maximum Gasteiger partial charge on any atom is 0.257 e. The third-order valence-corrected chi connectivity index (χ3v) is 2.82. The van der Waals surface area contributed by atoms with E-state index in [0.717, 1.165) is 11.6 Å². The van der Waals surface area contributed by atoms with Gasteiger partial charge in [0.15, 0.2) is 0 Å². The average molecular weight is 283 g/mol. The number of hydrogen-bond acceptors (Lipinski definition) is 3. The first-order valence-corrected chi connectivity index (χ1v) is 6.32. The van der Waals surface area contributed by atoms with Gasteiger partial charge in [-0.3, -0.25) is 9.78 Å². The molecule has 1 amide bonds. The fourth-order valence-corrected chi connectivity index (χ4v) is 1.76. The monoisotopic (exact) mass is 283 g/mol. The number of carbonyl (C=O) groups is 1. The smallest absolute Gasteiger partial charge is 0.257 e. The number of nitrogens with one attached hydrogen (secondary N) is 1. The molecule has 5 heteroatoms. The molecule has 0 saturated heterocycles. The summed E-state index contributed by atoms with van der Waals surface area (Å²) in [6, 6.07) is 5.56. The van der Waals surface area contributed by atoms with Crippen molar-refractivity contribution < 1.29 is 9.18 Å². The van der Waals surface area contributed by atoms with Crippen molar-refractivity contribution in [2.24, 2.45) is 5.73 Å². The summed E-state index contributed by atoms with van der Waals surface area (Å²) in [6.45, 7) is 1.99. The van der Waals surface area contributed by atoms with Crippen molar-refractivity contribution >= 4 is 11.6 Å². The second-order valence-electron chi connectivity index (χ2n) is 4.34. The van der Waals surface area contributed by atoms with E-state index in [1.807, 2.05) is 6.92 Å². The number of hydrogen-bond donors (Lipinski definition) is 2. The third-order valence-electron chi connectivity index (χ3n) is 2.82. The maximum absolute atomic E-state index is 13.4. The van der Waals surface area contributed by atoms with Crippen LogP contribution in [0.25, 0.3) is 0 Å². The summed E-state index contributed by atoms with van der Waals surface area (Å²) in [5.41, 5.74) is 7.37. The third kappa shape index (κ3) is 3.65. The highest BCUT2D eigenvalue weighted by Gasteiger charge is 2.12. The van der Waals surface area contributed by atoms with Crippen molar-refractivity contribution in [3.63, 3.8) is 0 Å². The van der Waals surface area contributed by atoms with E-state index in [1.54, 1.807) is 18.5 Å². The lowest BCUT2D eigenvalue weighted by molar-refractivity contribution is 0.102. The Morgan fingerprint density at radius 3 is 2.95 bits per heavy atom. The van der Waals surface area contributed by atoms with Gasteiger partial charge >= 0.3 is 0 Å². The van der Waals surface area contributed by atoms with Gasteiger partial charge < -0.3 is 11.1 Å². The minimum atomic E-state index is -0.495. The lowest BCUT2D eigenvalue weighted by Crippen LogP contribution is -2.15. The van der Waals surface area contributed by atoms with E-state index < -0.39 is 11.7 Å². The van der Waals surface area contributed by atoms with Gasteiger partial charge in [0.2, 0.25) is 0 Å². The summed E-state index contributed by atoms with van der Waals surface area (Å²) < 4.78 is 13.4. The maximum atomic E-state index is 13.4. The molecule has 0 aliphatic heterocycles. The summed E-state index contributed by atoms with van der Waals surface area (Å²) in [6.07, 6.45) is 3.21. The largest absolute Gasteiger partial charge is 0.322 e. The molecule has 1 aromatic carbocycles. The Morgan fingerprint density at radius 1 is 1.43 bits per heavy atom. The Balaban J connectivity index is 2.34. The summed E-state index contributed by atoms with van der Waals surface area (Å²) in [5.74, 6) is 4.51. The highest BCUT2D eigenvalue weighted by Crippen LogP contribution is 2.16. The number of nitrogens with zero attached hydrogens (tertiary/aromatic N) is 1. The minimum Gasteiger partial charge on any atom is -0.322 e. The van der Waals surface area contributed by atoms with Crippen molar-refractivity contribution in [2.75, 3.05) is 11.9 Å². The molecule has 0 fully saturated rings. The molecule has 3 N–H and O–H groups in total. The summed E-state index contributed by atoms with van der Waals surface area (Å²) in [4.78, 5) is 16.3. The van der Waals surface area contributed by atoms with E-state index in [-0.39, 0.29) is 12.1 Å². The lowest BCUT2D eigenvalue weighted by atomic mass is 10.1. The van der Waals surface area contributed by atoms with Crippen LogP contribution in [0.2, 0.25) is 0 Å². The number of carbonyl (C=O) groups excluding carboxylic acids is 1. The van der Waals surface area contributed by atoms with Crippen LogP contribution in [0.3, 0.4) is 0 Å².